The zero-order valence-electron chi connectivity index (χ0n) is 7.96. The third kappa shape index (κ3) is 2.29. The number of rotatable bonds is 1. The molecule has 0 fully saturated rings. The summed E-state index contributed by atoms with van der Waals surface area (Å²) in [4.78, 5) is 0. The monoisotopic (exact) mass is 164 g/mol. The van der Waals surface area contributed by atoms with Gasteiger partial charge in [-0.25, -0.2) is 0 Å². The lowest BCUT2D eigenvalue weighted by molar-refractivity contribution is -0.416. The van der Waals surface area contributed by atoms with Gasteiger partial charge in [-0.1, -0.05) is 26.8 Å². The fourth-order valence-corrected chi connectivity index (χ4v) is 1.76. The Kier molecular flexibility index (Phi) is 2.46. The lowest BCUT2D eigenvalue weighted by Gasteiger charge is -2.20. The van der Waals surface area contributed by atoms with Crippen LogP contribution in [0.3, 0.4) is 0 Å². The molecule has 2 nitrogen and oxygen atoms in total. The summed E-state index contributed by atoms with van der Waals surface area (Å²) in [6.45, 7) is 6.54. The van der Waals surface area contributed by atoms with E-state index in [0.717, 1.165) is 12.1 Å². The third-order valence-corrected chi connectivity index (χ3v) is 2.13. The molecule has 12 heavy (non-hydrogen) atoms. The first-order valence-corrected chi connectivity index (χ1v) is 4.35. The standard InChI is InChI=1S/C10H16N2/c1-8-4-5-9(12-11)7-10(2,3)6-8/h4-5,7-8,12H,6H2,1-3H3. The number of hydrogen-bond donors (Lipinski definition) is 1. The summed E-state index contributed by atoms with van der Waals surface area (Å²) in [5.41, 5.74) is 9.72. The molecule has 1 aliphatic carbocycles. The summed E-state index contributed by atoms with van der Waals surface area (Å²) < 4.78 is 0. The Balaban J connectivity index is 2.92. The lowest BCUT2D eigenvalue weighted by Crippen LogP contribution is -2.59. The molecular weight excluding hydrogens is 148 g/mol. The molecular formula is C10H16N2. The van der Waals surface area contributed by atoms with Crippen LogP contribution in [0.2, 0.25) is 0 Å². The number of nitrogens with one attached hydrogen (secondary N) is 1. The molecule has 1 unspecified atom stereocenters. The summed E-state index contributed by atoms with van der Waals surface area (Å²) in [6, 6.07) is 0. The molecule has 0 saturated carbocycles. The van der Waals surface area contributed by atoms with Crippen molar-refractivity contribution in [1.82, 2.24) is 0 Å². The molecule has 0 saturated heterocycles. The van der Waals surface area contributed by atoms with Crippen LogP contribution in [0.15, 0.2) is 23.9 Å². The Morgan fingerprint density at radius 1 is 1.58 bits per heavy atom. The van der Waals surface area contributed by atoms with Gasteiger partial charge in [-0.15, -0.1) is 0 Å². The minimum Gasteiger partial charge on any atom is -0.502 e. The second kappa shape index (κ2) is 3.21. The van der Waals surface area contributed by atoms with Gasteiger partial charge in [-0.3, -0.25) is 5.11 Å². The van der Waals surface area contributed by atoms with E-state index >= 15 is 0 Å². The highest BCUT2D eigenvalue weighted by molar-refractivity contribution is 5.17. The van der Waals surface area contributed by atoms with Crippen LogP contribution in [0.5, 0.6) is 0 Å². The number of allylic oxidation sites excluding steroid dienone is 3. The van der Waals surface area contributed by atoms with Gasteiger partial charge in [0.15, 0.2) is 5.70 Å². The zero-order valence-corrected chi connectivity index (χ0v) is 7.96. The van der Waals surface area contributed by atoms with E-state index in [-0.39, 0.29) is 5.41 Å². The maximum Gasteiger partial charge on any atom is 0.188 e. The largest absolute Gasteiger partial charge is 0.502 e. The molecule has 66 valence electrons. The van der Waals surface area contributed by atoms with Gasteiger partial charge >= 0.3 is 0 Å². The van der Waals surface area contributed by atoms with Gasteiger partial charge in [-0.05, 0) is 23.8 Å². The van der Waals surface area contributed by atoms with Crippen LogP contribution in [0.25, 0.3) is 5.53 Å². The van der Waals surface area contributed by atoms with E-state index in [0.29, 0.717) is 5.92 Å². The normalized spacial score (nSPS) is 27.6. The Morgan fingerprint density at radius 2 is 2.25 bits per heavy atom. The second-order valence-electron chi connectivity index (χ2n) is 4.24. The summed E-state index contributed by atoms with van der Waals surface area (Å²) in [5, 5.41) is 2.19. The minimum atomic E-state index is 0.161. The first-order chi connectivity index (χ1) is 5.53. The highest BCUT2D eigenvalue weighted by Gasteiger charge is 2.21. The molecule has 0 amide bonds. The van der Waals surface area contributed by atoms with Gasteiger partial charge < -0.3 is 5.53 Å². The van der Waals surface area contributed by atoms with E-state index in [1.54, 1.807) is 0 Å². The summed E-state index contributed by atoms with van der Waals surface area (Å²) in [6.07, 6.45) is 7.23. The highest BCUT2D eigenvalue weighted by atomic mass is 15.0. The van der Waals surface area contributed by atoms with Crippen molar-refractivity contribution in [2.75, 3.05) is 0 Å². The van der Waals surface area contributed by atoms with Gasteiger partial charge in [0, 0.05) is 6.08 Å². The molecule has 2 heteroatoms. The molecule has 0 spiro atoms. The fourth-order valence-electron chi connectivity index (χ4n) is 1.76. The van der Waals surface area contributed by atoms with Crippen LogP contribution in [0.1, 0.15) is 27.2 Å². The van der Waals surface area contributed by atoms with Crippen molar-refractivity contribution in [2.45, 2.75) is 27.2 Å². The average molecular weight is 164 g/mol. The van der Waals surface area contributed by atoms with Gasteiger partial charge in [0.25, 0.3) is 0 Å². The molecule has 0 radical (unpaired) electrons. The van der Waals surface area contributed by atoms with Gasteiger partial charge in [-0.2, -0.15) is 0 Å². The maximum absolute atomic E-state index is 8.76. The quantitative estimate of drug-likeness (QED) is 0.571. The molecule has 0 aromatic carbocycles. The minimum absolute atomic E-state index is 0.161. The van der Waals surface area contributed by atoms with Crippen molar-refractivity contribution in [3.05, 3.63) is 29.5 Å². The van der Waals surface area contributed by atoms with Crippen LogP contribution in [0.4, 0.5) is 0 Å². The predicted octanol–water partition coefficient (Wildman–Crippen LogP) is 1.59. The molecule has 1 N–H and O–H groups in total. The van der Waals surface area contributed by atoms with E-state index in [9.17, 15) is 0 Å². The molecule has 0 aromatic heterocycles. The summed E-state index contributed by atoms with van der Waals surface area (Å²) in [7, 11) is 0. The summed E-state index contributed by atoms with van der Waals surface area (Å²) >= 11 is 0. The molecule has 0 aromatic rings. The van der Waals surface area contributed by atoms with Crippen LogP contribution in [-0.2, 0) is 0 Å². The maximum atomic E-state index is 8.76. The first kappa shape index (κ1) is 9.17. The van der Waals surface area contributed by atoms with E-state index in [1.165, 1.54) is 0 Å². The van der Waals surface area contributed by atoms with Crippen molar-refractivity contribution in [3.63, 3.8) is 0 Å². The molecule has 1 rings (SSSR count). The molecule has 0 aliphatic heterocycles. The Labute approximate surface area is 73.9 Å². The highest BCUT2D eigenvalue weighted by Crippen LogP contribution is 2.30. The number of nitrogens with zero attached hydrogens (tertiary/aromatic N) is 1. The zero-order chi connectivity index (χ0) is 9.19. The van der Waals surface area contributed by atoms with Crippen molar-refractivity contribution in [2.24, 2.45) is 11.3 Å². The molecule has 0 bridgehead atoms. The van der Waals surface area contributed by atoms with Crippen LogP contribution in [-0.4, -0.2) is 0 Å². The SMILES string of the molecule is CC1C=CC([NH+]=[N-])=CC(C)(C)C1. The van der Waals surface area contributed by atoms with Gasteiger partial charge in [0.1, 0.15) is 0 Å². The van der Waals surface area contributed by atoms with E-state index in [4.69, 9.17) is 5.53 Å². The average Bonchev–Trinajstić information content (AvgIpc) is 2.07. The van der Waals surface area contributed by atoms with Gasteiger partial charge in [0.05, 0.1) is 0 Å². The van der Waals surface area contributed by atoms with Crippen LogP contribution >= 0.6 is 0 Å². The predicted molar refractivity (Wildman–Crippen MR) is 49.1 cm³/mol. The smallest absolute Gasteiger partial charge is 0.188 e. The lowest BCUT2D eigenvalue weighted by atomic mass is 9.84. The molecule has 1 aliphatic rings. The topological polar surface area (TPSA) is 36.3 Å². The van der Waals surface area contributed by atoms with E-state index < -0.39 is 0 Å². The first-order valence-electron chi connectivity index (χ1n) is 4.35. The Bertz CT molecular complexity index is 236. The molecule has 0 heterocycles. The van der Waals surface area contributed by atoms with Crippen molar-refractivity contribution < 1.29 is 5.11 Å². The van der Waals surface area contributed by atoms with Crippen molar-refractivity contribution in [3.8, 4) is 0 Å². The Hall–Kier alpha value is -0.920. The third-order valence-electron chi connectivity index (χ3n) is 2.13. The second-order valence-corrected chi connectivity index (χ2v) is 4.24. The van der Waals surface area contributed by atoms with E-state index in [2.05, 4.69) is 38.0 Å². The van der Waals surface area contributed by atoms with Crippen LogP contribution < -0.4 is 5.11 Å². The van der Waals surface area contributed by atoms with Crippen molar-refractivity contribution >= 4 is 0 Å². The Morgan fingerprint density at radius 3 is 2.83 bits per heavy atom. The molecule has 1 atom stereocenters. The number of hydrogen-bond acceptors (Lipinski definition) is 0. The van der Waals surface area contributed by atoms with Crippen LogP contribution in [0, 0.1) is 11.3 Å². The fraction of sp³-hybridized carbons (Fsp3) is 0.600. The summed E-state index contributed by atoms with van der Waals surface area (Å²) in [5.74, 6) is 0.571. The van der Waals surface area contributed by atoms with Gasteiger partial charge in [0.2, 0.25) is 0 Å². The van der Waals surface area contributed by atoms with Crippen molar-refractivity contribution in [1.29, 1.82) is 0 Å². The van der Waals surface area contributed by atoms with E-state index in [1.807, 2.05) is 6.08 Å².